The Balaban J connectivity index is 2.26. The molecular weight excluding hydrogens is 275 g/mol. The van der Waals surface area contributed by atoms with Gasteiger partial charge in [-0.25, -0.2) is 4.39 Å². The molecule has 0 atom stereocenters. The number of halogens is 2. The van der Waals surface area contributed by atoms with E-state index in [1.54, 1.807) is 0 Å². The third kappa shape index (κ3) is 5.58. The molecule has 0 unspecified atom stereocenters. The van der Waals surface area contributed by atoms with E-state index < -0.39 is 0 Å². The Morgan fingerprint density at radius 1 is 1.25 bits per heavy atom. The maximum atomic E-state index is 13.0. The van der Waals surface area contributed by atoms with E-state index in [1.807, 2.05) is 19.9 Å². The molecule has 0 spiro atoms. The largest absolute Gasteiger partial charge is 0.376 e. The van der Waals surface area contributed by atoms with E-state index in [0.29, 0.717) is 19.8 Å². The first-order valence-corrected chi connectivity index (χ1v) is 6.01. The summed E-state index contributed by atoms with van der Waals surface area (Å²) in [5.74, 6) is -0.258. The summed E-state index contributed by atoms with van der Waals surface area (Å²) in [5, 5.41) is 0. The second kappa shape index (κ2) is 6.99. The quantitative estimate of drug-likeness (QED) is 0.746. The van der Waals surface area contributed by atoms with Gasteiger partial charge in [0.15, 0.2) is 0 Å². The summed E-state index contributed by atoms with van der Waals surface area (Å²) >= 11 is 3.23. The highest BCUT2D eigenvalue weighted by molar-refractivity contribution is 9.10. The van der Waals surface area contributed by atoms with E-state index in [2.05, 4.69) is 15.9 Å². The Bertz CT molecular complexity index is 309. The lowest BCUT2D eigenvalue weighted by molar-refractivity contribution is 0.0142. The molecule has 0 aliphatic rings. The zero-order valence-electron chi connectivity index (χ0n) is 9.50. The van der Waals surface area contributed by atoms with Crippen LogP contribution in [0.2, 0.25) is 0 Å². The van der Waals surface area contributed by atoms with Crippen LogP contribution in [0.15, 0.2) is 22.7 Å². The van der Waals surface area contributed by atoms with Gasteiger partial charge in [-0.2, -0.15) is 0 Å². The zero-order chi connectivity index (χ0) is 12.0. The van der Waals surface area contributed by atoms with E-state index in [9.17, 15) is 4.39 Å². The van der Waals surface area contributed by atoms with Crippen molar-refractivity contribution in [2.24, 2.45) is 0 Å². The van der Waals surface area contributed by atoms with Crippen molar-refractivity contribution in [1.29, 1.82) is 0 Å². The maximum absolute atomic E-state index is 13.0. The summed E-state index contributed by atoms with van der Waals surface area (Å²) in [7, 11) is 0. The van der Waals surface area contributed by atoms with Crippen molar-refractivity contribution in [1.82, 2.24) is 0 Å². The van der Waals surface area contributed by atoms with Crippen molar-refractivity contribution in [3.8, 4) is 0 Å². The molecular formula is C12H16BrFO2. The van der Waals surface area contributed by atoms with Gasteiger partial charge in [-0.1, -0.05) is 15.9 Å². The average Bonchev–Trinajstić information content (AvgIpc) is 2.15. The molecule has 1 rings (SSSR count). The third-order valence-corrected chi connectivity index (χ3v) is 2.33. The minimum absolute atomic E-state index is 0.215. The molecule has 0 aliphatic carbocycles. The molecule has 0 amide bonds. The van der Waals surface area contributed by atoms with Crippen LogP contribution in [0.3, 0.4) is 0 Å². The number of ether oxygens (including phenoxy) is 2. The molecule has 0 saturated heterocycles. The summed E-state index contributed by atoms with van der Waals surface area (Å²) in [4.78, 5) is 0. The van der Waals surface area contributed by atoms with E-state index in [4.69, 9.17) is 9.47 Å². The lowest BCUT2D eigenvalue weighted by Gasteiger charge is -2.08. The Kier molecular flexibility index (Phi) is 5.95. The standard InChI is InChI=1S/C12H16BrFO2/c1-9(2)16-4-3-15-8-10-5-11(13)7-12(14)6-10/h5-7,9H,3-4,8H2,1-2H3. The first-order valence-electron chi connectivity index (χ1n) is 5.22. The highest BCUT2D eigenvalue weighted by atomic mass is 79.9. The Labute approximate surface area is 104 Å². The summed E-state index contributed by atoms with van der Waals surface area (Å²) in [6.07, 6.45) is 0.215. The van der Waals surface area contributed by atoms with Crippen LogP contribution in [-0.4, -0.2) is 19.3 Å². The van der Waals surface area contributed by atoms with E-state index in [-0.39, 0.29) is 11.9 Å². The highest BCUT2D eigenvalue weighted by Crippen LogP contribution is 2.15. The Morgan fingerprint density at radius 3 is 2.62 bits per heavy atom. The molecule has 90 valence electrons. The van der Waals surface area contributed by atoms with Gasteiger partial charge < -0.3 is 9.47 Å². The first-order chi connectivity index (χ1) is 7.58. The van der Waals surface area contributed by atoms with E-state index in [1.165, 1.54) is 12.1 Å². The average molecular weight is 291 g/mol. The monoisotopic (exact) mass is 290 g/mol. The van der Waals surface area contributed by atoms with Gasteiger partial charge in [0.25, 0.3) is 0 Å². The van der Waals surface area contributed by atoms with Gasteiger partial charge in [0.1, 0.15) is 5.82 Å². The molecule has 0 fully saturated rings. The molecule has 16 heavy (non-hydrogen) atoms. The van der Waals surface area contributed by atoms with Crippen molar-refractivity contribution in [3.05, 3.63) is 34.1 Å². The molecule has 1 aromatic carbocycles. The van der Waals surface area contributed by atoms with Gasteiger partial charge in [-0.05, 0) is 37.6 Å². The van der Waals surface area contributed by atoms with Gasteiger partial charge in [0.05, 0.1) is 25.9 Å². The van der Waals surface area contributed by atoms with Crippen LogP contribution in [0.5, 0.6) is 0 Å². The summed E-state index contributed by atoms with van der Waals surface area (Å²) in [6, 6.07) is 4.73. The van der Waals surface area contributed by atoms with Crippen LogP contribution in [0, 0.1) is 5.82 Å². The molecule has 1 aromatic rings. The lowest BCUT2D eigenvalue weighted by atomic mass is 10.2. The summed E-state index contributed by atoms with van der Waals surface area (Å²) in [5.41, 5.74) is 0.816. The smallest absolute Gasteiger partial charge is 0.124 e. The first kappa shape index (κ1) is 13.6. The predicted octanol–water partition coefficient (Wildman–Crippen LogP) is 3.53. The van der Waals surface area contributed by atoms with Crippen LogP contribution in [0.25, 0.3) is 0 Å². The van der Waals surface area contributed by atoms with E-state index >= 15 is 0 Å². The number of hydrogen-bond acceptors (Lipinski definition) is 2. The van der Waals surface area contributed by atoms with Gasteiger partial charge in [0, 0.05) is 4.47 Å². The van der Waals surface area contributed by atoms with Gasteiger partial charge in [0.2, 0.25) is 0 Å². The minimum atomic E-state index is -0.258. The SMILES string of the molecule is CC(C)OCCOCc1cc(F)cc(Br)c1. The Hall–Kier alpha value is -0.450. The molecule has 0 saturated carbocycles. The fraction of sp³-hybridized carbons (Fsp3) is 0.500. The molecule has 0 radical (unpaired) electrons. The molecule has 4 heteroatoms. The van der Waals surface area contributed by atoms with Crippen molar-refractivity contribution in [2.75, 3.05) is 13.2 Å². The molecule has 0 bridgehead atoms. The zero-order valence-corrected chi connectivity index (χ0v) is 11.1. The van der Waals surface area contributed by atoms with Crippen molar-refractivity contribution < 1.29 is 13.9 Å². The third-order valence-electron chi connectivity index (χ3n) is 1.87. The number of rotatable bonds is 6. The minimum Gasteiger partial charge on any atom is -0.376 e. The second-order valence-corrected chi connectivity index (χ2v) is 4.67. The van der Waals surface area contributed by atoms with Crippen LogP contribution in [-0.2, 0) is 16.1 Å². The van der Waals surface area contributed by atoms with Crippen molar-refractivity contribution in [3.63, 3.8) is 0 Å². The van der Waals surface area contributed by atoms with Crippen LogP contribution in [0.4, 0.5) is 4.39 Å². The highest BCUT2D eigenvalue weighted by Gasteiger charge is 1.99. The number of benzene rings is 1. The molecule has 0 aliphatic heterocycles. The molecule has 0 aromatic heterocycles. The lowest BCUT2D eigenvalue weighted by Crippen LogP contribution is -2.09. The fourth-order valence-electron chi connectivity index (χ4n) is 1.23. The predicted molar refractivity (Wildman–Crippen MR) is 64.8 cm³/mol. The molecule has 2 nitrogen and oxygen atoms in total. The summed E-state index contributed by atoms with van der Waals surface area (Å²) < 4.78 is 24.4. The van der Waals surface area contributed by atoms with Crippen molar-refractivity contribution >= 4 is 15.9 Å². The van der Waals surface area contributed by atoms with Crippen LogP contribution >= 0.6 is 15.9 Å². The van der Waals surface area contributed by atoms with Gasteiger partial charge in [-0.3, -0.25) is 0 Å². The summed E-state index contributed by atoms with van der Waals surface area (Å²) in [6.45, 7) is 5.44. The van der Waals surface area contributed by atoms with Crippen LogP contribution < -0.4 is 0 Å². The topological polar surface area (TPSA) is 18.5 Å². The number of hydrogen-bond donors (Lipinski definition) is 0. The molecule has 0 N–H and O–H groups in total. The van der Waals surface area contributed by atoms with Gasteiger partial charge in [-0.15, -0.1) is 0 Å². The van der Waals surface area contributed by atoms with Crippen molar-refractivity contribution in [2.45, 2.75) is 26.6 Å². The van der Waals surface area contributed by atoms with Crippen LogP contribution in [0.1, 0.15) is 19.4 Å². The normalized spacial score (nSPS) is 11.1. The Morgan fingerprint density at radius 2 is 2.00 bits per heavy atom. The fourth-order valence-corrected chi connectivity index (χ4v) is 1.74. The van der Waals surface area contributed by atoms with E-state index in [0.717, 1.165) is 10.0 Å². The second-order valence-electron chi connectivity index (χ2n) is 3.75. The molecule has 0 heterocycles. The maximum Gasteiger partial charge on any atom is 0.124 e. The van der Waals surface area contributed by atoms with Gasteiger partial charge >= 0.3 is 0 Å².